The van der Waals surface area contributed by atoms with Crippen molar-refractivity contribution in [1.29, 1.82) is 0 Å². The zero-order valence-corrected chi connectivity index (χ0v) is 15.3. The van der Waals surface area contributed by atoms with Gasteiger partial charge >= 0.3 is 5.97 Å². The highest BCUT2D eigenvalue weighted by Crippen LogP contribution is 2.38. The van der Waals surface area contributed by atoms with Gasteiger partial charge in [-0.2, -0.15) is 0 Å². The number of fused-ring (bicyclic) bond motifs is 1. The van der Waals surface area contributed by atoms with E-state index in [0.717, 1.165) is 0 Å². The molecular weight excluding hydrogens is 372 g/mol. The molecule has 3 rings (SSSR count). The Morgan fingerprint density at radius 2 is 1.70 bits per heavy atom. The second-order valence-corrected chi connectivity index (χ2v) is 6.07. The highest BCUT2D eigenvalue weighted by molar-refractivity contribution is 6.41. The third-order valence-electron chi connectivity index (χ3n) is 4.03. The van der Waals surface area contributed by atoms with E-state index in [2.05, 4.69) is 4.74 Å². The Morgan fingerprint density at radius 3 is 2.26 bits per heavy atom. The maximum atomic E-state index is 12.5. The Labute approximate surface area is 160 Å². The summed E-state index contributed by atoms with van der Waals surface area (Å²) in [5.74, 6) is -0.819. The lowest BCUT2D eigenvalue weighted by molar-refractivity contribution is -0.142. The third kappa shape index (κ3) is 3.57. The molecule has 0 radical (unpaired) electrons. The largest absolute Gasteiger partial charge is 0.493 e. The van der Waals surface area contributed by atoms with Crippen LogP contribution in [0, 0.1) is 0 Å². The number of hydrogen-bond donors (Lipinski definition) is 0. The Balaban J connectivity index is 1.96. The number of ketones is 2. The first-order valence-electron chi connectivity index (χ1n) is 7.93. The fourth-order valence-corrected chi connectivity index (χ4v) is 3.00. The highest BCUT2D eigenvalue weighted by atomic mass is 35.5. The van der Waals surface area contributed by atoms with Crippen molar-refractivity contribution in [1.82, 2.24) is 0 Å². The maximum absolute atomic E-state index is 12.5. The summed E-state index contributed by atoms with van der Waals surface area (Å²) in [4.78, 5) is 36.3. The van der Waals surface area contributed by atoms with Gasteiger partial charge in [0.05, 0.1) is 24.8 Å². The molecule has 27 heavy (non-hydrogen) atoms. The van der Waals surface area contributed by atoms with E-state index < -0.39 is 5.97 Å². The number of ether oxygens (including phenoxy) is 3. The van der Waals surface area contributed by atoms with E-state index in [4.69, 9.17) is 21.1 Å². The minimum Gasteiger partial charge on any atom is -0.493 e. The molecule has 2 aromatic carbocycles. The molecule has 0 aliphatic heterocycles. The lowest BCUT2D eigenvalue weighted by Gasteiger charge is -2.12. The Morgan fingerprint density at radius 1 is 1.07 bits per heavy atom. The first-order valence-corrected chi connectivity index (χ1v) is 8.31. The predicted octanol–water partition coefficient (Wildman–Crippen LogP) is 3.36. The van der Waals surface area contributed by atoms with Gasteiger partial charge in [-0.25, -0.2) is 4.79 Å². The summed E-state index contributed by atoms with van der Waals surface area (Å²) in [5.41, 5.74) is 1.30. The predicted molar refractivity (Wildman–Crippen MR) is 98.6 cm³/mol. The molecule has 0 bridgehead atoms. The van der Waals surface area contributed by atoms with E-state index in [1.54, 1.807) is 30.3 Å². The lowest BCUT2D eigenvalue weighted by Crippen LogP contribution is -2.13. The van der Waals surface area contributed by atoms with Crippen LogP contribution in [0.15, 0.2) is 42.0 Å². The van der Waals surface area contributed by atoms with E-state index in [0.29, 0.717) is 16.7 Å². The summed E-state index contributed by atoms with van der Waals surface area (Å²) >= 11 is 6.23. The summed E-state index contributed by atoms with van der Waals surface area (Å²) in [6, 6.07) is 9.74. The van der Waals surface area contributed by atoms with Gasteiger partial charge in [0.1, 0.15) is 0 Å². The summed E-state index contributed by atoms with van der Waals surface area (Å²) < 4.78 is 15.1. The molecule has 1 aliphatic rings. The molecule has 1 aliphatic carbocycles. The van der Waals surface area contributed by atoms with Gasteiger partial charge in [0.25, 0.3) is 0 Å². The van der Waals surface area contributed by atoms with Crippen LogP contribution < -0.4 is 9.47 Å². The van der Waals surface area contributed by atoms with Gasteiger partial charge in [0.2, 0.25) is 0 Å². The van der Waals surface area contributed by atoms with Crippen LogP contribution in [0.5, 0.6) is 11.5 Å². The van der Waals surface area contributed by atoms with Gasteiger partial charge < -0.3 is 14.2 Å². The third-order valence-corrected chi connectivity index (χ3v) is 4.31. The molecule has 0 spiro atoms. The molecule has 2 aromatic rings. The fraction of sp³-hybridized carbons (Fsp3) is 0.150. The van der Waals surface area contributed by atoms with Crippen LogP contribution >= 0.6 is 11.6 Å². The number of esters is 1. The van der Waals surface area contributed by atoms with Crippen molar-refractivity contribution >= 4 is 35.2 Å². The number of carbonyl (C=O) groups excluding carboxylic acids is 3. The Kier molecular flexibility index (Phi) is 5.28. The van der Waals surface area contributed by atoms with Crippen molar-refractivity contribution in [3.05, 3.63) is 63.7 Å². The SMILES string of the molecule is COC(=O)COc1c(Cl)cc(C=C2C(=O)c3ccccc3C2=O)cc1OC. The van der Waals surface area contributed by atoms with Crippen LogP contribution in [0.2, 0.25) is 5.02 Å². The molecule has 0 N–H and O–H groups in total. The normalized spacial score (nSPS) is 12.6. The van der Waals surface area contributed by atoms with Crippen molar-refractivity contribution in [3.63, 3.8) is 0 Å². The van der Waals surface area contributed by atoms with E-state index in [1.165, 1.54) is 26.4 Å². The molecule has 0 unspecified atom stereocenters. The molecule has 0 aromatic heterocycles. The average Bonchev–Trinajstić information content (AvgIpc) is 2.91. The number of hydrogen-bond acceptors (Lipinski definition) is 6. The van der Waals surface area contributed by atoms with Crippen LogP contribution in [0.25, 0.3) is 6.08 Å². The molecule has 0 saturated carbocycles. The second-order valence-electron chi connectivity index (χ2n) is 5.66. The average molecular weight is 387 g/mol. The summed E-state index contributed by atoms with van der Waals surface area (Å²) in [7, 11) is 2.66. The van der Waals surface area contributed by atoms with Gasteiger partial charge in [-0.15, -0.1) is 0 Å². The smallest absolute Gasteiger partial charge is 0.343 e. The van der Waals surface area contributed by atoms with Crippen molar-refractivity contribution < 1.29 is 28.6 Å². The molecule has 0 amide bonds. The first-order chi connectivity index (χ1) is 13.0. The fourth-order valence-electron chi connectivity index (χ4n) is 2.72. The molecular formula is C20H15ClO6. The van der Waals surface area contributed by atoms with Crippen LogP contribution in [0.4, 0.5) is 0 Å². The maximum Gasteiger partial charge on any atom is 0.343 e. The lowest BCUT2D eigenvalue weighted by atomic mass is 10.1. The molecule has 138 valence electrons. The van der Waals surface area contributed by atoms with Crippen LogP contribution in [-0.2, 0) is 9.53 Å². The van der Waals surface area contributed by atoms with Gasteiger partial charge in [0, 0.05) is 11.1 Å². The number of carbonyl (C=O) groups is 3. The second kappa shape index (κ2) is 7.63. The minimum absolute atomic E-state index is 0.0533. The highest BCUT2D eigenvalue weighted by Gasteiger charge is 2.32. The summed E-state index contributed by atoms with van der Waals surface area (Å²) in [6.07, 6.45) is 1.46. The van der Waals surface area contributed by atoms with E-state index >= 15 is 0 Å². The number of allylic oxidation sites excluding steroid dienone is 1. The van der Waals surface area contributed by atoms with E-state index in [1.807, 2.05) is 0 Å². The van der Waals surface area contributed by atoms with Gasteiger partial charge in [0.15, 0.2) is 29.7 Å². The molecule has 0 fully saturated rings. The number of methoxy groups -OCH3 is 2. The van der Waals surface area contributed by atoms with Crippen molar-refractivity contribution in [3.8, 4) is 11.5 Å². The van der Waals surface area contributed by atoms with E-state index in [9.17, 15) is 14.4 Å². The summed E-state index contributed by atoms with van der Waals surface area (Å²) in [6.45, 7) is -0.334. The first kappa shape index (κ1) is 18.7. The van der Waals surface area contributed by atoms with Crippen molar-refractivity contribution in [2.45, 2.75) is 0 Å². The number of Topliss-reactive ketones (excluding diaryl/α,β-unsaturated/α-hetero) is 2. The summed E-state index contributed by atoms with van der Waals surface area (Å²) in [5, 5.41) is 0.167. The van der Waals surface area contributed by atoms with Crippen LogP contribution in [0.1, 0.15) is 26.3 Å². The zero-order chi connectivity index (χ0) is 19.6. The van der Waals surface area contributed by atoms with Gasteiger partial charge in [-0.1, -0.05) is 35.9 Å². The molecule has 7 heteroatoms. The zero-order valence-electron chi connectivity index (χ0n) is 14.6. The minimum atomic E-state index is -0.570. The van der Waals surface area contributed by atoms with Crippen molar-refractivity contribution in [2.75, 3.05) is 20.8 Å². The van der Waals surface area contributed by atoms with Crippen molar-refractivity contribution in [2.24, 2.45) is 0 Å². The standard InChI is InChI=1S/C20H15ClO6/c1-25-16-9-11(8-15(21)20(16)27-10-17(22)26-2)7-14-18(23)12-5-3-4-6-13(12)19(14)24/h3-9H,10H2,1-2H3. The van der Waals surface area contributed by atoms with Crippen LogP contribution in [0.3, 0.4) is 0 Å². The Bertz CT molecular complexity index is 939. The molecule has 6 nitrogen and oxygen atoms in total. The molecule has 0 atom stereocenters. The quantitative estimate of drug-likeness (QED) is 0.445. The molecule has 0 saturated heterocycles. The Hall–Kier alpha value is -3.12. The van der Waals surface area contributed by atoms with Crippen LogP contribution in [-0.4, -0.2) is 38.4 Å². The topological polar surface area (TPSA) is 78.9 Å². The number of rotatable bonds is 5. The van der Waals surface area contributed by atoms with Gasteiger partial charge in [-0.05, 0) is 23.8 Å². The van der Waals surface area contributed by atoms with E-state index in [-0.39, 0.29) is 40.3 Å². The number of halogens is 1. The monoisotopic (exact) mass is 386 g/mol. The van der Waals surface area contributed by atoms with Gasteiger partial charge in [-0.3, -0.25) is 9.59 Å². The molecule has 0 heterocycles. The number of benzene rings is 2.